The maximum Gasteiger partial charge on any atom is 0.128 e. The zero-order chi connectivity index (χ0) is 14.8. The van der Waals surface area contributed by atoms with Gasteiger partial charge in [-0.05, 0) is 69.9 Å². The van der Waals surface area contributed by atoms with Crippen molar-refractivity contribution < 1.29 is 4.39 Å². The third kappa shape index (κ3) is 3.49. The van der Waals surface area contributed by atoms with Crippen molar-refractivity contribution in [1.82, 2.24) is 10.2 Å². The second-order valence-electron chi connectivity index (χ2n) is 6.39. The van der Waals surface area contributed by atoms with E-state index >= 15 is 0 Å². The van der Waals surface area contributed by atoms with Crippen LogP contribution in [0.15, 0.2) is 22.7 Å². The van der Waals surface area contributed by atoms with Gasteiger partial charge in [-0.15, -0.1) is 0 Å². The topological polar surface area (TPSA) is 15.3 Å². The van der Waals surface area contributed by atoms with E-state index in [0.717, 1.165) is 23.1 Å². The molecule has 0 radical (unpaired) electrons. The summed E-state index contributed by atoms with van der Waals surface area (Å²) < 4.78 is 15.5. The van der Waals surface area contributed by atoms with Crippen LogP contribution in [0.5, 0.6) is 0 Å². The summed E-state index contributed by atoms with van der Waals surface area (Å²) in [5, 5.41) is 3.32. The van der Waals surface area contributed by atoms with Gasteiger partial charge in [-0.1, -0.05) is 22.4 Å². The number of rotatable bonds is 4. The normalized spacial score (nSPS) is 27.6. The van der Waals surface area contributed by atoms with Crippen molar-refractivity contribution in [2.75, 3.05) is 20.1 Å². The SMILES string of the molecule is CNCC1CCCCN(C2CC2)C1c1cc(Br)ccc1F. The molecule has 2 unspecified atom stereocenters. The molecule has 1 N–H and O–H groups in total. The van der Waals surface area contributed by atoms with Crippen LogP contribution in [0.3, 0.4) is 0 Å². The number of nitrogens with zero attached hydrogens (tertiary/aromatic N) is 1. The van der Waals surface area contributed by atoms with E-state index in [2.05, 4.69) is 26.1 Å². The molecular formula is C17H24BrFN2. The molecule has 2 aliphatic rings. The van der Waals surface area contributed by atoms with E-state index in [-0.39, 0.29) is 11.9 Å². The van der Waals surface area contributed by atoms with Gasteiger partial charge in [-0.2, -0.15) is 0 Å². The minimum atomic E-state index is -0.0585. The molecule has 0 bridgehead atoms. The highest BCUT2D eigenvalue weighted by Crippen LogP contribution is 2.43. The smallest absolute Gasteiger partial charge is 0.128 e. The Morgan fingerprint density at radius 1 is 1.29 bits per heavy atom. The molecule has 4 heteroatoms. The highest BCUT2D eigenvalue weighted by Gasteiger charge is 2.40. The average molecular weight is 355 g/mol. The molecule has 0 spiro atoms. The summed E-state index contributed by atoms with van der Waals surface area (Å²) >= 11 is 3.51. The lowest BCUT2D eigenvalue weighted by molar-refractivity contribution is 0.142. The van der Waals surface area contributed by atoms with Gasteiger partial charge < -0.3 is 5.32 Å². The van der Waals surface area contributed by atoms with Gasteiger partial charge in [0.05, 0.1) is 0 Å². The van der Waals surface area contributed by atoms with Crippen molar-refractivity contribution in [3.63, 3.8) is 0 Å². The molecule has 21 heavy (non-hydrogen) atoms. The van der Waals surface area contributed by atoms with E-state index in [0.29, 0.717) is 12.0 Å². The highest BCUT2D eigenvalue weighted by molar-refractivity contribution is 9.10. The molecule has 116 valence electrons. The van der Waals surface area contributed by atoms with E-state index in [9.17, 15) is 4.39 Å². The second kappa shape index (κ2) is 6.76. The summed E-state index contributed by atoms with van der Waals surface area (Å²) in [6.07, 6.45) is 6.22. The summed E-state index contributed by atoms with van der Waals surface area (Å²) in [7, 11) is 2.00. The molecule has 2 fully saturated rings. The van der Waals surface area contributed by atoms with E-state index in [4.69, 9.17) is 0 Å². The lowest BCUT2D eigenvalue weighted by Gasteiger charge is -2.36. The van der Waals surface area contributed by atoms with Crippen LogP contribution in [0.1, 0.15) is 43.7 Å². The number of halogens is 2. The number of benzene rings is 1. The summed E-state index contributed by atoms with van der Waals surface area (Å²) in [6.45, 7) is 2.07. The molecule has 1 aliphatic heterocycles. The van der Waals surface area contributed by atoms with Gasteiger partial charge in [0.25, 0.3) is 0 Å². The first kappa shape index (κ1) is 15.4. The van der Waals surface area contributed by atoms with Crippen LogP contribution in [0.25, 0.3) is 0 Å². The predicted molar refractivity (Wildman–Crippen MR) is 87.8 cm³/mol. The molecule has 1 aromatic carbocycles. The molecule has 1 aliphatic carbocycles. The molecule has 2 nitrogen and oxygen atoms in total. The minimum Gasteiger partial charge on any atom is -0.319 e. The van der Waals surface area contributed by atoms with Gasteiger partial charge in [0.2, 0.25) is 0 Å². The number of likely N-dealkylation sites (tertiary alicyclic amines) is 1. The van der Waals surface area contributed by atoms with Crippen molar-refractivity contribution in [3.05, 3.63) is 34.1 Å². The van der Waals surface area contributed by atoms with Crippen molar-refractivity contribution in [3.8, 4) is 0 Å². The van der Waals surface area contributed by atoms with Crippen LogP contribution in [0.4, 0.5) is 4.39 Å². The maximum atomic E-state index is 14.5. The maximum absolute atomic E-state index is 14.5. The summed E-state index contributed by atoms with van der Waals surface area (Å²) in [4.78, 5) is 2.58. The largest absolute Gasteiger partial charge is 0.319 e. The zero-order valence-corrected chi connectivity index (χ0v) is 14.2. The van der Waals surface area contributed by atoms with Gasteiger partial charge in [-0.25, -0.2) is 4.39 Å². The fourth-order valence-electron chi connectivity index (χ4n) is 3.73. The Morgan fingerprint density at radius 2 is 2.10 bits per heavy atom. The van der Waals surface area contributed by atoms with Crippen molar-refractivity contribution >= 4 is 15.9 Å². The van der Waals surface area contributed by atoms with Crippen molar-refractivity contribution in [2.45, 2.75) is 44.2 Å². The number of hydrogen-bond acceptors (Lipinski definition) is 2. The monoisotopic (exact) mass is 354 g/mol. The zero-order valence-electron chi connectivity index (χ0n) is 12.6. The van der Waals surface area contributed by atoms with Crippen LogP contribution in [-0.2, 0) is 0 Å². The number of nitrogens with one attached hydrogen (secondary N) is 1. The Labute approximate surface area is 135 Å². The first-order valence-corrected chi connectivity index (χ1v) is 8.85. The highest BCUT2D eigenvalue weighted by atomic mass is 79.9. The first-order valence-electron chi connectivity index (χ1n) is 8.06. The molecule has 1 saturated carbocycles. The van der Waals surface area contributed by atoms with Gasteiger partial charge in [0.15, 0.2) is 0 Å². The van der Waals surface area contributed by atoms with E-state index < -0.39 is 0 Å². The molecule has 3 rings (SSSR count). The molecular weight excluding hydrogens is 331 g/mol. The third-order valence-electron chi connectivity index (χ3n) is 4.80. The molecule has 0 aromatic heterocycles. The van der Waals surface area contributed by atoms with Gasteiger partial charge in [-0.3, -0.25) is 4.90 Å². The Balaban J connectivity index is 1.98. The molecule has 2 atom stereocenters. The molecule has 0 amide bonds. The Morgan fingerprint density at radius 3 is 2.81 bits per heavy atom. The summed E-state index contributed by atoms with van der Waals surface area (Å²) in [5.41, 5.74) is 0.874. The van der Waals surface area contributed by atoms with Crippen LogP contribution in [0, 0.1) is 11.7 Å². The lowest BCUT2D eigenvalue weighted by atomic mass is 9.88. The predicted octanol–water partition coefficient (Wildman–Crippen LogP) is 4.11. The van der Waals surface area contributed by atoms with E-state index in [1.807, 2.05) is 13.1 Å². The quantitative estimate of drug-likeness (QED) is 0.874. The van der Waals surface area contributed by atoms with Gasteiger partial charge in [0.1, 0.15) is 5.82 Å². The lowest BCUT2D eigenvalue weighted by Crippen LogP contribution is -2.38. The Hall–Kier alpha value is -0.450. The summed E-state index contributed by atoms with van der Waals surface area (Å²) in [5.74, 6) is 0.429. The third-order valence-corrected chi connectivity index (χ3v) is 5.30. The van der Waals surface area contributed by atoms with E-state index in [1.54, 1.807) is 12.1 Å². The van der Waals surface area contributed by atoms with Crippen LogP contribution < -0.4 is 5.32 Å². The second-order valence-corrected chi connectivity index (χ2v) is 7.31. The number of hydrogen-bond donors (Lipinski definition) is 1. The summed E-state index contributed by atoms with van der Waals surface area (Å²) in [6, 6.07) is 6.27. The first-order chi connectivity index (χ1) is 10.2. The fraction of sp³-hybridized carbons (Fsp3) is 0.647. The fourth-order valence-corrected chi connectivity index (χ4v) is 4.11. The average Bonchev–Trinajstić information content (AvgIpc) is 3.28. The van der Waals surface area contributed by atoms with Gasteiger partial charge >= 0.3 is 0 Å². The van der Waals surface area contributed by atoms with Crippen LogP contribution in [-0.4, -0.2) is 31.1 Å². The van der Waals surface area contributed by atoms with Gasteiger partial charge in [0, 0.05) is 22.1 Å². The van der Waals surface area contributed by atoms with Crippen molar-refractivity contribution in [2.24, 2.45) is 5.92 Å². The van der Waals surface area contributed by atoms with Crippen LogP contribution >= 0.6 is 15.9 Å². The standard InChI is InChI=1S/C17H24BrFN2/c1-20-11-12-4-2-3-9-21(14-6-7-14)17(12)15-10-13(18)5-8-16(15)19/h5,8,10,12,14,17,20H,2-4,6-7,9,11H2,1H3. The van der Waals surface area contributed by atoms with Crippen molar-refractivity contribution in [1.29, 1.82) is 0 Å². The molecule has 1 aromatic rings. The van der Waals surface area contributed by atoms with E-state index in [1.165, 1.54) is 32.1 Å². The minimum absolute atomic E-state index is 0.0585. The Bertz CT molecular complexity index is 490. The molecule has 1 saturated heterocycles. The Kier molecular flexibility index (Phi) is 4.97. The molecule has 1 heterocycles. The van der Waals surface area contributed by atoms with Crippen LogP contribution in [0.2, 0.25) is 0 Å².